The maximum Gasteiger partial charge on any atom is 0.333 e. The molecule has 0 amide bonds. The Morgan fingerprint density at radius 3 is 0.987 bits per heavy atom. The lowest BCUT2D eigenvalue weighted by Gasteiger charge is -2.29. The summed E-state index contributed by atoms with van der Waals surface area (Å²) in [6.45, 7) is -0.828. The summed E-state index contributed by atoms with van der Waals surface area (Å²) in [5, 5.41) is 38.9. The first-order chi connectivity index (χ1) is 38.6. The van der Waals surface area contributed by atoms with Crippen LogP contribution in [0.2, 0.25) is 0 Å². The largest absolute Gasteiger partial charge is 0.459 e. The molecule has 2 aliphatic carbocycles. The fourth-order valence-corrected chi connectivity index (χ4v) is 15.9. The van der Waals surface area contributed by atoms with Crippen molar-refractivity contribution in [3.8, 4) is 24.3 Å². The molecule has 0 saturated heterocycles. The van der Waals surface area contributed by atoms with Crippen LogP contribution < -0.4 is 0 Å². The van der Waals surface area contributed by atoms with Crippen LogP contribution in [0.5, 0.6) is 0 Å². The minimum Gasteiger partial charge on any atom is -0.459 e. The summed E-state index contributed by atoms with van der Waals surface area (Å²) >= 11 is 5.94. The number of carbonyl (C=O) groups is 4. The van der Waals surface area contributed by atoms with E-state index in [-0.39, 0.29) is 58.7 Å². The first-order valence-electron chi connectivity index (χ1n) is 23.9. The topological polar surface area (TPSA) is 225 Å². The summed E-state index contributed by atoms with van der Waals surface area (Å²) in [5.41, 5.74) is -1.77. The lowest BCUT2D eigenvalue weighted by molar-refractivity contribution is -0.164. The summed E-state index contributed by atoms with van der Waals surface area (Å²) in [4.78, 5) is 72.9. The highest BCUT2D eigenvalue weighted by Crippen LogP contribution is 2.63. The molecule has 0 spiro atoms. The maximum absolute atomic E-state index is 15.6. The van der Waals surface area contributed by atoms with Crippen molar-refractivity contribution in [1.82, 2.24) is 0 Å². The molecule has 0 atom stereocenters. The third-order valence-electron chi connectivity index (χ3n) is 13.0. The van der Waals surface area contributed by atoms with Crippen molar-refractivity contribution in [3.05, 3.63) is 198 Å². The molecule has 14 nitrogen and oxygen atoms in total. The number of esters is 4. The number of rotatable bonds is 16. The predicted octanol–water partition coefficient (Wildman–Crippen LogP) is 13.1. The average Bonchev–Trinajstić information content (AvgIpc) is 3.70. The Morgan fingerprint density at radius 1 is 0.392 bits per heavy atom. The second-order valence-electron chi connectivity index (χ2n) is 17.6. The molecule has 79 heavy (non-hydrogen) atoms. The predicted molar refractivity (Wildman–Crippen MR) is 304 cm³/mol. The van der Waals surface area contributed by atoms with Gasteiger partial charge in [0.1, 0.15) is 60.7 Å². The highest BCUT2D eigenvalue weighted by atomic mass is 32.1. The molecule has 0 bridgehead atoms. The third-order valence-corrected chi connectivity index (χ3v) is 18.9. The van der Waals surface area contributed by atoms with Crippen LogP contribution in [0.3, 0.4) is 0 Å². The molecule has 2 aliphatic rings. The molecular weight excluding hydrogens is 1090 g/mol. The van der Waals surface area contributed by atoms with Crippen LogP contribution in [0.25, 0.3) is 42.1 Å². The molecule has 19 heteroatoms. The molecule has 4 aromatic carbocycles. The average molecular weight is 1130 g/mol. The third kappa shape index (κ3) is 9.32. The zero-order chi connectivity index (χ0) is 54.7. The van der Waals surface area contributed by atoms with Gasteiger partial charge < -0.3 is 18.9 Å². The van der Waals surface area contributed by atoms with Gasteiger partial charge in [0, 0.05) is 41.8 Å². The number of nitriles is 4. The van der Waals surface area contributed by atoms with Crippen LogP contribution in [-0.4, -0.2) is 35.3 Å². The number of hydrogen-bond acceptors (Lipinski definition) is 19. The van der Waals surface area contributed by atoms with E-state index in [9.17, 15) is 21.0 Å². The van der Waals surface area contributed by atoms with E-state index in [1.807, 2.05) is 24.3 Å². The Kier molecular flexibility index (Phi) is 14.3. The highest BCUT2D eigenvalue weighted by molar-refractivity contribution is 7.39. The molecule has 5 heterocycles. The van der Waals surface area contributed by atoms with E-state index in [2.05, 4.69) is 9.98 Å². The van der Waals surface area contributed by atoms with Crippen molar-refractivity contribution in [3.63, 3.8) is 0 Å². The quantitative estimate of drug-likeness (QED) is 0.0381. The molecule has 382 valence electrons. The number of fused-ring (bicyclic) bond motifs is 7. The minimum absolute atomic E-state index is 0.207. The molecule has 0 aliphatic heterocycles. The second-order valence-corrected chi connectivity index (χ2v) is 22.9. The lowest BCUT2D eigenvalue weighted by atomic mass is 9.77. The Labute approximate surface area is 470 Å². The molecule has 0 radical (unpaired) electrons. The van der Waals surface area contributed by atoms with Crippen LogP contribution in [0.4, 0.5) is 10.0 Å². The highest BCUT2D eigenvalue weighted by Gasteiger charge is 2.62. The van der Waals surface area contributed by atoms with E-state index in [0.717, 1.165) is 22.7 Å². The number of thiophene rings is 5. The summed E-state index contributed by atoms with van der Waals surface area (Å²) in [5.74, 6) is -3.75. The second kappa shape index (κ2) is 21.9. The molecule has 11 rings (SSSR count). The van der Waals surface area contributed by atoms with E-state index in [4.69, 9.17) is 18.9 Å². The maximum atomic E-state index is 15.6. The Balaban J connectivity index is 1.14. The fourth-order valence-electron chi connectivity index (χ4n) is 9.41. The van der Waals surface area contributed by atoms with Crippen LogP contribution in [0.15, 0.2) is 156 Å². The van der Waals surface area contributed by atoms with Crippen molar-refractivity contribution in [2.24, 2.45) is 9.98 Å². The van der Waals surface area contributed by atoms with Crippen molar-refractivity contribution < 1.29 is 38.1 Å². The molecular formula is C60H34N6O8S5. The molecule has 5 aromatic heterocycles. The van der Waals surface area contributed by atoms with Gasteiger partial charge in [-0.25, -0.2) is 9.98 Å². The van der Waals surface area contributed by atoms with Gasteiger partial charge in [-0.05, 0) is 58.7 Å². The van der Waals surface area contributed by atoms with Crippen molar-refractivity contribution in [2.45, 2.75) is 37.3 Å². The van der Waals surface area contributed by atoms with E-state index >= 15 is 19.2 Å². The number of benzene rings is 4. The SMILES string of the molecule is N#CC(C#N)=Nc1ccc(C2=Cc3sc4c(sc5c6c(sc54)C=C(c4ccc(N=C(C#N)C#N)s4)C6(C(=O)OCc4ccccc4)C(=O)OCc4ccccc4)c3C2(C(=O)OCc2ccccc2)C(=O)OCc2ccccc2)s1. The van der Waals surface area contributed by atoms with Crippen LogP contribution in [-0.2, 0) is 75.4 Å². The van der Waals surface area contributed by atoms with Gasteiger partial charge in [0.15, 0.2) is 0 Å². The van der Waals surface area contributed by atoms with Gasteiger partial charge >= 0.3 is 23.9 Å². The number of nitrogens with zero attached hydrogens (tertiary/aromatic N) is 6. The first-order valence-corrected chi connectivity index (χ1v) is 28.0. The zero-order valence-corrected chi connectivity index (χ0v) is 44.9. The molecule has 0 saturated carbocycles. The minimum atomic E-state index is -2.30. The number of ether oxygens (including phenoxy) is 4. The number of aliphatic imine (C=N–C) groups is 2. The van der Waals surface area contributed by atoms with E-state index in [1.54, 1.807) is 158 Å². The number of carbonyl (C=O) groups excluding carboxylic acids is 4. The summed E-state index contributed by atoms with van der Waals surface area (Å²) < 4.78 is 27.2. The molecule has 0 fully saturated rings. The fraction of sp³-hybridized carbons (Fsp3) is 0.100. The summed E-state index contributed by atoms with van der Waals surface area (Å²) in [6.07, 6.45) is 3.51. The van der Waals surface area contributed by atoms with Crippen molar-refractivity contribution >= 4 is 144 Å². The molecule has 9 aromatic rings. The van der Waals surface area contributed by atoms with Gasteiger partial charge in [-0.3, -0.25) is 19.2 Å². The van der Waals surface area contributed by atoms with Crippen molar-refractivity contribution in [2.75, 3.05) is 0 Å². The van der Waals surface area contributed by atoms with E-state index < -0.39 is 46.1 Å². The normalized spacial score (nSPS) is 13.3. The van der Waals surface area contributed by atoms with E-state index in [0.29, 0.717) is 60.6 Å². The first kappa shape index (κ1) is 51.7. The van der Waals surface area contributed by atoms with Gasteiger partial charge in [-0.15, -0.1) is 56.7 Å². The monoisotopic (exact) mass is 1130 g/mol. The smallest absolute Gasteiger partial charge is 0.333 e. The van der Waals surface area contributed by atoms with Crippen LogP contribution in [0, 0.1) is 45.3 Å². The van der Waals surface area contributed by atoms with Gasteiger partial charge in [-0.2, -0.15) is 21.0 Å². The zero-order valence-electron chi connectivity index (χ0n) is 40.8. The van der Waals surface area contributed by atoms with Gasteiger partial charge in [-0.1, -0.05) is 121 Å². The van der Waals surface area contributed by atoms with Gasteiger partial charge in [0.2, 0.25) is 22.3 Å². The van der Waals surface area contributed by atoms with Gasteiger partial charge in [0.25, 0.3) is 0 Å². The molecule has 0 N–H and O–H groups in total. The van der Waals surface area contributed by atoms with E-state index in [1.165, 1.54) is 34.0 Å². The number of hydrogen-bond donors (Lipinski definition) is 0. The van der Waals surface area contributed by atoms with Gasteiger partial charge in [0.05, 0.1) is 18.8 Å². The summed E-state index contributed by atoms with van der Waals surface area (Å²) in [6, 6.07) is 49.6. The van der Waals surface area contributed by atoms with Crippen molar-refractivity contribution in [1.29, 1.82) is 21.0 Å². The van der Waals surface area contributed by atoms with Crippen LogP contribution >= 0.6 is 56.7 Å². The Hall–Kier alpha value is -9.44. The van der Waals surface area contributed by atoms with Crippen LogP contribution in [0.1, 0.15) is 52.9 Å². The lowest BCUT2D eigenvalue weighted by Crippen LogP contribution is -2.45. The standard InChI is InChI=1S/C60H34N6O8S5/c61-27-39(28-62)65-47-23-21-43(75-47)41-25-45-49(59(41,55(67)71-31-35-13-5-1-6-14-35)56(68)72-32-36-15-7-2-8-16-36)51-53(77-45)54-52(79-51)50-46(78-54)26-42(44-22-24-48(76-44)66-40(29-63)30-64)60(50,57(69)73-33-37-17-9-3-10-18-37)58(70)74-34-38-19-11-4-12-20-38/h1-26H,31-34H2. The summed E-state index contributed by atoms with van der Waals surface area (Å²) in [7, 11) is 0. The molecule has 0 unspecified atom stereocenters. The Bertz CT molecular complexity index is 3820. The Morgan fingerprint density at radius 2 is 0.696 bits per heavy atom.